The highest BCUT2D eigenvalue weighted by molar-refractivity contribution is 5.95. The maximum atomic E-state index is 11.9. The smallest absolute Gasteiger partial charge is 0.397 e. The van der Waals surface area contributed by atoms with Gasteiger partial charge in [-0.1, -0.05) is 0 Å². The van der Waals surface area contributed by atoms with Gasteiger partial charge in [0.05, 0.1) is 18.0 Å². The van der Waals surface area contributed by atoms with E-state index in [0.29, 0.717) is 16.9 Å². The Morgan fingerprint density at radius 1 is 1.38 bits per heavy atom. The minimum Gasteiger partial charge on any atom is -0.397 e. The number of nitrogens with zero attached hydrogens (tertiary/aromatic N) is 1. The molecule has 0 aromatic heterocycles. The number of hydrogen-bond acceptors (Lipinski definition) is 4. The van der Waals surface area contributed by atoms with E-state index < -0.39 is 12.8 Å². The minimum atomic E-state index is -4.34. The molecule has 0 atom stereocenters. The van der Waals surface area contributed by atoms with E-state index in [1.807, 2.05) is 0 Å². The van der Waals surface area contributed by atoms with Crippen molar-refractivity contribution in [3.63, 3.8) is 0 Å². The fourth-order valence-corrected chi connectivity index (χ4v) is 1.55. The zero-order valence-electron chi connectivity index (χ0n) is 11.8. The Bertz CT molecular complexity index is 490. The van der Waals surface area contributed by atoms with Crippen LogP contribution >= 0.6 is 0 Å². The molecule has 0 aliphatic rings. The summed E-state index contributed by atoms with van der Waals surface area (Å²) in [5.41, 5.74) is 7.07. The molecular formula is C13H18F3N3O2. The van der Waals surface area contributed by atoms with Crippen LogP contribution in [-0.2, 0) is 4.74 Å². The van der Waals surface area contributed by atoms with Gasteiger partial charge < -0.3 is 20.7 Å². The molecule has 8 heteroatoms. The van der Waals surface area contributed by atoms with Crippen molar-refractivity contribution in [2.45, 2.75) is 6.18 Å². The second kappa shape index (κ2) is 7.16. The lowest BCUT2D eigenvalue weighted by Crippen LogP contribution is -2.22. The van der Waals surface area contributed by atoms with Crippen LogP contribution in [0.2, 0.25) is 0 Å². The Kier molecular flexibility index (Phi) is 5.83. The Morgan fingerprint density at radius 2 is 2.05 bits per heavy atom. The second-order valence-electron chi connectivity index (χ2n) is 4.60. The Hall–Kier alpha value is -1.96. The predicted octanol–water partition coefficient (Wildman–Crippen LogP) is 1.96. The van der Waals surface area contributed by atoms with Crippen LogP contribution in [0, 0.1) is 0 Å². The molecule has 0 saturated heterocycles. The molecule has 0 saturated carbocycles. The molecule has 21 heavy (non-hydrogen) atoms. The Morgan fingerprint density at radius 3 is 2.62 bits per heavy atom. The van der Waals surface area contributed by atoms with E-state index in [4.69, 9.17) is 5.73 Å². The number of benzene rings is 1. The van der Waals surface area contributed by atoms with Gasteiger partial charge in [-0.25, -0.2) is 0 Å². The lowest BCUT2D eigenvalue weighted by molar-refractivity contribution is -0.172. The number of alkyl halides is 3. The molecule has 0 unspecified atom stereocenters. The third kappa shape index (κ3) is 5.90. The molecule has 0 aliphatic carbocycles. The van der Waals surface area contributed by atoms with Gasteiger partial charge in [-0.2, -0.15) is 13.2 Å². The summed E-state index contributed by atoms with van der Waals surface area (Å²) in [4.78, 5) is 13.2. The van der Waals surface area contributed by atoms with Crippen molar-refractivity contribution >= 4 is 17.3 Å². The molecule has 1 rings (SSSR count). The first-order valence-electron chi connectivity index (χ1n) is 6.20. The lowest BCUT2D eigenvalue weighted by Gasteiger charge is -2.14. The summed E-state index contributed by atoms with van der Waals surface area (Å²) in [7, 11) is 3.24. The largest absolute Gasteiger partial charge is 0.411 e. The van der Waals surface area contributed by atoms with Crippen molar-refractivity contribution in [2.75, 3.05) is 44.9 Å². The fourth-order valence-electron chi connectivity index (χ4n) is 1.55. The molecule has 1 aromatic rings. The van der Waals surface area contributed by atoms with Crippen molar-refractivity contribution in [1.82, 2.24) is 4.90 Å². The molecular weight excluding hydrogens is 287 g/mol. The van der Waals surface area contributed by atoms with Gasteiger partial charge in [0.25, 0.3) is 5.91 Å². The van der Waals surface area contributed by atoms with Crippen molar-refractivity contribution in [1.29, 1.82) is 0 Å². The molecule has 3 N–H and O–H groups in total. The molecule has 0 bridgehead atoms. The third-order valence-electron chi connectivity index (χ3n) is 2.53. The number of carbonyl (C=O) groups excluding carboxylic acids is 1. The summed E-state index contributed by atoms with van der Waals surface area (Å²) in [5, 5.41) is 2.85. The van der Waals surface area contributed by atoms with Crippen LogP contribution in [0.3, 0.4) is 0 Å². The summed E-state index contributed by atoms with van der Waals surface area (Å²) >= 11 is 0. The molecule has 5 nitrogen and oxygen atoms in total. The van der Waals surface area contributed by atoms with E-state index >= 15 is 0 Å². The summed E-state index contributed by atoms with van der Waals surface area (Å²) < 4.78 is 40.1. The standard InChI is InChI=1S/C13H18F3N3O2/c1-19(2)12(20)9-3-4-10(17)11(7-9)18-5-6-21-8-13(14,15)16/h3-4,7,18H,5-6,8,17H2,1-2H3. The molecule has 1 amide bonds. The summed E-state index contributed by atoms with van der Waals surface area (Å²) in [5.74, 6) is -0.189. The summed E-state index contributed by atoms with van der Waals surface area (Å²) in [6.07, 6.45) is -4.34. The van der Waals surface area contributed by atoms with Gasteiger partial charge in [0.2, 0.25) is 0 Å². The van der Waals surface area contributed by atoms with Crippen LogP contribution < -0.4 is 11.1 Å². The van der Waals surface area contributed by atoms with Crippen LogP contribution in [-0.4, -0.2) is 50.8 Å². The molecule has 0 radical (unpaired) electrons. The van der Waals surface area contributed by atoms with Crippen molar-refractivity contribution in [3.8, 4) is 0 Å². The Balaban J connectivity index is 2.55. The van der Waals surface area contributed by atoms with Gasteiger partial charge in [0.15, 0.2) is 0 Å². The Labute approximate surface area is 120 Å². The number of nitrogens with one attached hydrogen (secondary N) is 1. The first-order chi connectivity index (χ1) is 9.70. The first-order valence-corrected chi connectivity index (χ1v) is 6.20. The average Bonchev–Trinajstić information content (AvgIpc) is 2.38. The van der Waals surface area contributed by atoms with Crippen LogP contribution in [0.4, 0.5) is 24.5 Å². The number of carbonyl (C=O) groups is 1. The zero-order chi connectivity index (χ0) is 16.0. The first kappa shape index (κ1) is 17.1. The van der Waals surface area contributed by atoms with E-state index in [0.717, 1.165) is 0 Å². The van der Waals surface area contributed by atoms with Crippen molar-refractivity contribution in [3.05, 3.63) is 23.8 Å². The molecule has 0 aliphatic heterocycles. The van der Waals surface area contributed by atoms with Crippen molar-refractivity contribution in [2.24, 2.45) is 0 Å². The quantitative estimate of drug-likeness (QED) is 0.623. The summed E-state index contributed by atoms with van der Waals surface area (Å²) in [6.45, 7) is -1.26. The van der Waals surface area contributed by atoms with Crippen LogP contribution in [0.25, 0.3) is 0 Å². The number of nitrogens with two attached hydrogens (primary N) is 1. The van der Waals surface area contributed by atoms with Gasteiger partial charge >= 0.3 is 6.18 Å². The number of ether oxygens (including phenoxy) is 1. The topological polar surface area (TPSA) is 67.6 Å². The van der Waals surface area contributed by atoms with Gasteiger partial charge in [-0.3, -0.25) is 4.79 Å². The van der Waals surface area contributed by atoms with E-state index in [-0.39, 0.29) is 19.1 Å². The fraction of sp³-hybridized carbons (Fsp3) is 0.462. The number of hydrogen-bond donors (Lipinski definition) is 2. The second-order valence-corrected chi connectivity index (χ2v) is 4.60. The number of rotatable bonds is 6. The third-order valence-corrected chi connectivity index (χ3v) is 2.53. The summed E-state index contributed by atoms with van der Waals surface area (Å²) in [6, 6.07) is 4.71. The highest BCUT2D eigenvalue weighted by Gasteiger charge is 2.27. The van der Waals surface area contributed by atoms with E-state index in [9.17, 15) is 18.0 Å². The average molecular weight is 305 g/mol. The zero-order valence-corrected chi connectivity index (χ0v) is 11.8. The maximum Gasteiger partial charge on any atom is 0.411 e. The van der Waals surface area contributed by atoms with Crippen LogP contribution in [0.1, 0.15) is 10.4 Å². The number of nitrogen functional groups attached to an aromatic ring is 1. The van der Waals surface area contributed by atoms with E-state index in [1.165, 1.54) is 4.90 Å². The van der Waals surface area contributed by atoms with Gasteiger partial charge in [0, 0.05) is 26.2 Å². The minimum absolute atomic E-state index is 0.120. The van der Waals surface area contributed by atoms with Gasteiger partial charge in [-0.05, 0) is 18.2 Å². The maximum absolute atomic E-state index is 11.9. The number of amides is 1. The normalized spacial score (nSPS) is 11.3. The highest BCUT2D eigenvalue weighted by atomic mass is 19.4. The SMILES string of the molecule is CN(C)C(=O)c1ccc(N)c(NCCOCC(F)(F)F)c1. The predicted molar refractivity (Wildman–Crippen MR) is 74.2 cm³/mol. The molecule has 118 valence electrons. The highest BCUT2D eigenvalue weighted by Crippen LogP contribution is 2.20. The molecule has 1 aromatic carbocycles. The molecule has 0 spiro atoms. The van der Waals surface area contributed by atoms with Crippen LogP contribution in [0.15, 0.2) is 18.2 Å². The number of halogens is 3. The van der Waals surface area contributed by atoms with Gasteiger partial charge in [0.1, 0.15) is 6.61 Å². The van der Waals surface area contributed by atoms with E-state index in [2.05, 4.69) is 10.1 Å². The van der Waals surface area contributed by atoms with E-state index in [1.54, 1.807) is 32.3 Å². The number of anilines is 2. The molecule has 0 heterocycles. The van der Waals surface area contributed by atoms with Crippen LogP contribution in [0.5, 0.6) is 0 Å². The lowest BCUT2D eigenvalue weighted by atomic mass is 10.1. The molecule has 0 fully saturated rings. The monoisotopic (exact) mass is 305 g/mol. The van der Waals surface area contributed by atoms with Gasteiger partial charge in [-0.15, -0.1) is 0 Å². The van der Waals surface area contributed by atoms with Crippen molar-refractivity contribution < 1.29 is 22.7 Å².